The zero-order valence-electron chi connectivity index (χ0n) is 11.2. The number of aromatic amines is 1. The van der Waals surface area contributed by atoms with E-state index in [1.807, 2.05) is 0 Å². The molecule has 0 radical (unpaired) electrons. The molecule has 19 heavy (non-hydrogen) atoms. The number of hydrogen-bond acceptors (Lipinski definition) is 2. The topological polar surface area (TPSA) is 45.0 Å². The fourth-order valence-electron chi connectivity index (χ4n) is 3.79. The van der Waals surface area contributed by atoms with Crippen LogP contribution in [0.4, 0.5) is 0 Å². The van der Waals surface area contributed by atoms with E-state index in [1.165, 1.54) is 27.6 Å². The average molecular weight is 253 g/mol. The molecule has 0 saturated heterocycles. The fourth-order valence-corrected chi connectivity index (χ4v) is 3.79. The number of rotatable bonds is 1. The summed E-state index contributed by atoms with van der Waals surface area (Å²) >= 11 is 0. The second-order valence-corrected chi connectivity index (χ2v) is 5.83. The lowest BCUT2D eigenvalue weighted by atomic mass is 9.76. The molecule has 0 amide bonds. The Morgan fingerprint density at radius 3 is 3.16 bits per heavy atom. The maximum atomic E-state index is 5.86. The van der Waals surface area contributed by atoms with Gasteiger partial charge < -0.3 is 10.7 Å². The van der Waals surface area contributed by atoms with E-state index in [9.17, 15) is 0 Å². The minimum Gasteiger partial charge on any atom is -0.361 e. The third kappa shape index (κ3) is 1.52. The minimum absolute atomic E-state index is 0.490. The van der Waals surface area contributed by atoms with Crippen LogP contribution < -0.4 is 5.73 Å². The molecule has 3 heteroatoms. The highest BCUT2D eigenvalue weighted by atomic mass is 15.1. The van der Waals surface area contributed by atoms with Gasteiger partial charge in [-0.05, 0) is 36.2 Å². The van der Waals surface area contributed by atoms with E-state index in [2.05, 4.69) is 47.4 Å². The van der Waals surface area contributed by atoms with Gasteiger partial charge in [0, 0.05) is 42.1 Å². The van der Waals surface area contributed by atoms with Crippen molar-refractivity contribution in [1.82, 2.24) is 9.88 Å². The summed E-state index contributed by atoms with van der Waals surface area (Å²) in [7, 11) is 2.22. The minimum atomic E-state index is 0.490. The molecule has 0 unspecified atom stereocenters. The van der Waals surface area contributed by atoms with E-state index < -0.39 is 0 Å². The number of nitrogens with zero attached hydrogens (tertiary/aromatic N) is 1. The van der Waals surface area contributed by atoms with Crippen molar-refractivity contribution in [3.8, 4) is 0 Å². The summed E-state index contributed by atoms with van der Waals surface area (Å²) in [4.78, 5) is 5.87. The first-order valence-corrected chi connectivity index (χ1v) is 6.96. The maximum Gasteiger partial charge on any atom is 0.0459 e. The van der Waals surface area contributed by atoms with Crippen LogP contribution in [-0.2, 0) is 6.42 Å². The van der Waals surface area contributed by atoms with Crippen molar-refractivity contribution >= 4 is 10.9 Å². The number of nitrogens with one attached hydrogen (secondary N) is 1. The molecule has 1 aliphatic heterocycles. The monoisotopic (exact) mass is 253 g/mol. The number of fused-ring (bicyclic) bond motifs is 2. The molecule has 3 nitrogen and oxygen atoms in total. The van der Waals surface area contributed by atoms with Crippen molar-refractivity contribution in [2.24, 2.45) is 5.73 Å². The van der Waals surface area contributed by atoms with Crippen LogP contribution in [0.2, 0.25) is 0 Å². The molecule has 1 aromatic heterocycles. The van der Waals surface area contributed by atoms with Crippen LogP contribution in [0, 0.1) is 0 Å². The molecule has 4 rings (SSSR count). The second kappa shape index (κ2) is 3.95. The van der Waals surface area contributed by atoms with E-state index in [0.717, 1.165) is 13.0 Å². The molecule has 2 heterocycles. The predicted molar refractivity (Wildman–Crippen MR) is 78.3 cm³/mol. The highest BCUT2D eigenvalue weighted by molar-refractivity contribution is 5.88. The molecular formula is C16H19N3. The lowest BCUT2D eigenvalue weighted by Gasteiger charge is -2.41. The fraction of sp³-hybridized carbons (Fsp3) is 0.375. The van der Waals surface area contributed by atoms with Crippen LogP contribution in [0.15, 0.2) is 36.0 Å². The van der Waals surface area contributed by atoms with Gasteiger partial charge in [-0.2, -0.15) is 0 Å². The van der Waals surface area contributed by atoms with E-state index >= 15 is 0 Å². The van der Waals surface area contributed by atoms with Crippen LogP contribution in [-0.4, -0.2) is 36.1 Å². The van der Waals surface area contributed by atoms with Gasteiger partial charge in [0.05, 0.1) is 0 Å². The number of benzene rings is 1. The van der Waals surface area contributed by atoms with Gasteiger partial charge in [0.25, 0.3) is 0 Å². The summed E-state index contributed by atoms with van der Waals surface area (Å²) in [5, 5.41) is 1.44. The highest BCUT2D eigenvalue weighted by Crippen LogP contribution is 2.41. The van der Waals surface area contributed by atoms with Crippen LogP contribution in [0.5, 0.6) is 0 Å². The molecule has 0 saturated carbocycles. The van der Waals surface area contributed by atoms with E-state index in [4.69, 9.17) is 5.73 Å². The van der Waals surface area contributed by atoms with E-state index in [1.54, 1.807) is 0 Å². The van der Waals surface area contributed by atoms with Crippen LogP contribution in [0.1, 0.15) is 17.0 Å². The lowest BCUT2D eigenvalue weighted by molar-refractivity contribution is 0.223. The Kier molecular flexibility index (Phi) is 2.34. The zero-order valence-corrected chi connectivity index (χ0v) is 11.2. The molecule has 98 valence electrons. The summed E-state index contributed by atoms with van der Waals surface area (Å²) in [5.41, 5.74) is 11.4. The maximum absolute atomic E-state index is 5.86. The molecule has 0 bridgehead atoms. The van der Waals surface area contributed by atoms with Gasteiger partial charge in [0.1, 0.15) is 0 Å². The van der Waals surface area contributed by atoms with Crippen molar-refractivity contribution in [2.75, 3.05) is 20.1 Å². The SMILES string of the molecule is CN1CC(CN)=C[C@@H]2c3cccc4[nH]cc(c34)C[C@H]21. The van der Waals surface area contributed by atoms with Gasteiger partial charge in [-0.25, -0.2) is 0 Å². The molecule has 3 N–H and O–H groups in total. The van der Waals surface area contributed by atoms with Crippen molar-refractivity contribution in [1.29, 1.82) is 0 Å². The summed E-state index contributed by atoms with van der Waals surface area (Å²) < 4.78 is 0. The number of hydrogen-bond donors (Lipinski definition) is 2. The van der Waals surface area contributed by atoms with Gasteiger partial charge in [-0.3, -0.25) is 4.90 Å². The first-order chi connectivity index (χ1) is 9.28. The Bertz CT molecular complexity index is 668. The van der Waals surface area contributed by atoms with E-state index in [0.29, 0.717) is 18.5 Å². The summed E-state index contributed by atoms with van der Waals surface area (Å²) in [6.07, 6.45) is 5.72. The number of H-pyrrole nitrogens is 1. The number of nitrogens with two attached hydrogens (primary N) is 1. The molecule has 2 aromatic rings. The van der Waals surface area contributed by atoms with Crippen molar-refractivity contribution in [2.45, 2.75) is 18.4 Å². The molecule has 1 aliphatic carbocycles. The van der Waals surface area contributed by atoms with Gasteiger partial charge in [0.2, 0.25) is 0 Å². The molecule has 0 fully saturated rings. The Morgan fingerprint density at radius 1 is 1.42 bits per heavy atom. The zero-order chi connectivity index (χ0) is 13.0. The summed E-state index contributed by atoms with van der Waals surface area (Å²) in [6, 6.07) is 7.18. The van der Waals surface area contributed by atoms with Gasteiger partial charge >= 0.3 is 0 Å². The predicted octanol–water partition coefficient (Wildman–Crippen LogP) is 2.01. The normalized spacial score (nSPS) is 26.3. The first kappa shape index (κ1) is 11.3. The number of likely N-dealkylation sites (N-methyl/N-ethyl adjacent to an activating group) is 1. The quantitative estimate of drug-likeness (QED) is 0.764. The van der Waals surface area contributed by atoms with Crippen molar-refractivity contribution in [3.05, 3.63) is 47.2 Å². The highest BCUT2D eigenvalue weighted by Gasteiger charge is 2.35. The Balaban J connectivity index is 1.95. The third-order valence-electron chi connectivity index (χ3n) is 4.72. The van der Waals surface area contributed by atoms with Gasteiger partial charge in [-0.15, -0.1) is 0 Å². The largest absolute Gasteiger partial charge is 0.361 e. The molecular weight excluding hydrogens is 234 g/mol. The van der Waals surface area contributed by atoms with Crippen LogP contribution >= 0.6 is 0 Å². The average Bonchev–Trinajstić information content (AvgIpc) is 2.85. The smallest absolute Gasteiger partial charge is 0.0459 e. The molecule has 2 atom stereocenters. The van der Waals surface area contributed by atoms with Crippen molar-refractivity contribution in [3.63, 3.8) is 0 Å². The summed E-state index contributed by atoms with van der Waals surface area (Å²) in [6.45, 7) is 1.68. The molecule has 1 aromatic carbocycles. The molecule has 0 spiro atoms. The number of aromatic nitrogens is 1. The Hall–Kier alpha value is -1.58. The third-order valence-corrected chi connectivity index (χ3v) is 4.72. The van der Waals surface area contributed by atoms with E-state index in [-0.39, 0.29) is 0 Å². The Morgan fingerprint density at radius 2 is 2.32 bits per heavy atom. The Labute approximate surface area is 113 Å². The van der Waals surface area contributed by atoms with Crippen molar-refractivity contribution < 1.29 is 0 Å². The standard InChI is InChI=1S/C16H19N3/c1-19-9-10(7-17)5-13-12-3-2-4-14-16(12)11(8-18-14)6-15(13)19/h2-5,8,13,15,18H,6-7,9,17H2,1H3/t13-,15-/m1/s1. The van der Waals surface area contributed by atoms with Gasteiger partial charge in [-0.1, -0.05) is 18.2 Å². The first-order valence-electron chi connectivity index (χ1n) is 6.96. The van der Waals surface area contributed by atoms with Crippen LogP contribution in [0.3, 0.4) is 0 Å². The summed E-state index contributed by atoms with van der Waals surface area (Å²) in [5.74, 6) is 0.490. The van der Waals surface area contributed by atoms with Crippen LogP contribution in [0.25, 0.3) is 10.9 Å². The molecule has 2 aliphatic rings. The van der Waals surface area contributed by atoms with Gasteiger partial charge in [0.15, 0.2) is 0 Å². The second-order valence-electron chi connectivity index (χ2n) is 5.83. The lowest BCUT2D eigenvalue weighted by Crippen LogP contribution is -2.44.